The average molecular weight is 298 g/mol. The van der Waals surface area contributed by atoms with Crippen molar-refractivity contribution < 1.29 is 19.5 Å². The Bertz CT molecular complexity index is 374. The molecule has 0 radical (unpaired) electrons. The van der Waals surface area contributed by atoms with Gasteiger partial charge in [-0.25, -0.2) is 0 Å². The molecular formula is C15H26N2O4. The number of hydrogen-bond acceptors (Lipinski definition) is 3. The summed E-state index contributed by atoms with van der Waals surface area (Å²) in [6, 6.07) is 0. The van der Waals surface area contributed by atoms with Crippen LogP contribution in [0.3, 0.4) is 0 Å². The van der Waals surface area contributed by atoms with Crippen molar-refractivity contribution in [3.8, 4) is 0 Å². The maximum atomic E-state index is 12.0. The molecule has 0 unspecified atom stereocenters. The van der Waals surface area contributed by atoms with E-state index < -0.39 is 11.4 Å². The van der Waals surface area contributed by atoms with Crippen molar-refractivity contribution in [2.45, 2.75) is 58.3 Å². The first-order valence-electron chi connectivity index (χ1n) is 7.77. The topological polar surface area (TPSA) is 95.5 Å². The number of carboxylic acids is 1. The molecule has 1 saturated carbocycles. The van der Waals surface area contributed by atoms with Crippen molar-refractivity contribution in [1.82, 2.24) is 10.6 Å². The molecule has 6 nitrogen and oxygen atoms in total. The lowest BCUT2D eigenvalue weighted by Gasteiger charge is -2.27. The van der Waals surface area contributed by atoms with E-state index in [-0.39, 0.29) is 31.2 Å². The molecule has 1 fully saturated rings. The highest BCUT2D eigenvalue weighted by Crippen LogP contribution is 2.38. The second-order valence-corrected chi connectivity index (χ2v) is 5.73. The molecule has 1 rings (SSSR count). The Hall–Kier alpha value is -1.59. The van der Waals surface area contributed by atoms with Gasteiger partial charge in [0.05, 0.1) is 5.41 Å². The predicted octanol–water partition coefficient (Wildman–Crippen LogP) is 1.44. The third kappa shape index (κ3) is 5.73. The van der Waals surface area contributed by atoms with Crippen molar-refractivity contribution in [2.75, 3.05) is 13.1 Å². The lowest BCUT2D eigenvalue weighted by molar-refractivity contribution is -0.153. The summed E-state index contributed by atoms with van der Waals surface area (Å²) in [5.41, 5.74) is -0.924. The highest BCUT2D eigenvalue weighted by Gasteiger charge is 2.40. The van der Waals surface area contributed by atoms with Crippen molar-refractivity contribution >= 4 is 17.8 Å². The van der Waals surface area contributed by atoms with Gasteiger partial charge in [-0.15, -0.1) is 0 Å². The fraction of sp³-hybridized carbons (Fsp3) is 0.800. The second kappa shape index (κ2) is 8.64. The van der Waals surface area contributed by atoms with Crippen LogP contribution in [0, 0.1) is 5.41 Å². The molecule has 0 aromatic carbocycles. The summed E-state index contributed by atoms with van der Waals surface area (Å²) in [7, 11) is 0. The van der Waals surface area contributed by atoms with E-state index in [4.69, 9.17) is 0 Å². The number of carboxylic acid groups (broad SMARTS) is 1. The first kappa shape index (κ1) is 17.5. The van der Waals surface area contributed by atoms with Crippen LogP contribution < -0.4 is 10.6 Å². The van der Waals surface area contributed by atoms with Gasteiger partial charge in [0.25, 0.3) is 0 Å². The number of aliphatic carboxylic acids is 1. The van der Waals surface area contributed by atoms with Gasteiger partial charge < -0.3 is 15.7 Å². The zero-order valence-electron chi connectivity index (χ0n) is 12.7. The number of rotatable bonds is 7. The number of hydrogen-bond donors (Lipinski definition) is 3. The van der Waals surface area contributed by atoms with Gasteiger partial charge in [0.2, 0.25) is 11.8 Å². The third-order valence-corrected chi connectivity index (χ3v) is 4.06. The monoisotopic (exact) mass is 298 g/mol. The summed E-state index contributed by atoms with van der Waals surface area (Å²) in [6.07, 6.45) is 5.15. The van der Waals surface area contributed by atoms with Crippen molar-refractivity contribution in [2.24, 2.45) is 5.41 Å². The molecule has 0 aromatic rings. The molecule has 6 heteroatoms. The molecule has 120 valence electrons. The third-order valence-electron chi connectivity index (χ3n) is 4.06. The molecule has 21 heavy (non-hydrogen) atoms. The molecular weight excluding hydrogens is 272 g/mol. The molecule has 0 spiro atoms. The summed E-state index contributed by atoms with van der Waals surface area (Å²) in [5.74, 6) is -1.26. The molecule has 1 aliphatic rings. The Kier molecular flexibility index (Phi) is 7.19. The lowest BCUT2D eigenvalue weighted by atomic mass is 9.77. The van der Waals surface area contributed by atoms with E-state index in [1.54, 1.807) is 0 Å². The van der Waals surface area contributed by atoms with Gasteiger partial charge in [-0.05, 0) is 19.8 Å². The van der Waals surface area contributed by atoms with Gasteiger partial charge in [0, 0.05) is 25.9 Å². The van der Waals surface area contributed by atoms with Gasteiger partial charge in [0.15, 0.2) is 0 Å². The van der Waals surface area contributed by atoms with Crippen LogP contribution in [0.2, 0.25) is 0 Å². The summed E-state index contributed by atoms with van der Waals surface area (Å²) in [6.45, 7) is 2.65. The van der Waals surface area contributed by atoms with Crippen LogP contribution in [0.1, 0.15) is 58.3 Å². The molecule has 0 aromatic heterocycles. The van der Waals surface area contributed by atoms with Crippen LogP contribution in [0.4, 0.5) is 0 Å². The maximum Gasteiger partial charge on any atom is 0.310 e. The van der Waals surface area contributed by atoms with E-state index in [1.165, 1.54) is 0 Å². The SMILES string of the molecule is CCNC(=O)CCNC(=O)CC1(C(=O)O)CCCCCC1. The fourth-order valence-corrected chi connectivity index (χ4v) is 2.84. The van der Waals surface area contributed by atoms with E-state index in [9.17, 15) is 19.5 Å². The summed E-state index contributed by atoms with van der Waals surface area (Å²) < 4.78 is 0. The van der Waals surface area contributed by atoms with E-state index in [0.717, 1.165) is 25.7 Å². The van der Waals surface area contributed by atoms with Crippen LogP contribution in [0.15, 0.2) is 0 Å². The minimum absolute atomic E-state index is 0.0116. The van der Waals surface area contributed by atoms with Gasteiger partial charge in [0.1, 0.15) is 0 Å². The second-order valence-electron chi connectivity index (χ2n) is 5.73. The zero-order valence-corrected chi connectivity index (χ0v) is 12.7. The van der Waals surface area contributed by atoms with E-state index in [2.05, 4.69) is 10.6 Å². The molecule has 3 N–H and O–H groups in total. The van der Waals surface area contributed by atoms with Crippen LogP contribution in [-0.4, -0.2) is 36.0 Å². The standard InChI is InChI=1S/C15H26N2O4/c1-2-16-12(18)7-10-17-13(19)11-15(14(20)21)8-5-3-4-6-9-15/h2-11H2,1H3,(H,16,18)(H,17,19)(H,20,21). The Labute approximate surface area is 125 Å². The minimum Gasteiger partial charge on any atom is -0.481 e. The number of nitrogens with one attached hydrogen (secondary N) is 2. The molecule has 0 atom stereocenters. The summed E-state index contributed by atoms with van der Waals surface area (Å²) in [5, 5.41) is 14.8. The van der Waals surface area contributed by atoms with Gasteiger partial charge in [-0.2, -0.15) is 0 Å². The van der Waals surface area contributed by atoms with Crippen molar-refractivity contribution in [1.29, 1.82) is 0 Å². The summed E-state index contributed by atoms with van der Waals surface area (Å²) in [4.78, 5) is 34.8. The Morgan fingerprint density at radius 3 is 2.14 bits per heavy atom. The molecule has 0 heterocycles. The molecule has 0 saturated heterocycles. The van der Waals surface area contributed by atoms with Crippen LogP contribution in [-0.2, 0) is 14.4 Å². The first-order chi connectivity index (χ1) is 10.00. The Balaban J connectivity index is 2.45. The van der Waals surface area contributed by atoms with Gasteiger partial charge in [-0.3, -0.25) is 14.4 Å². The Morgan fingerprint density at radius 1 is 1.00 bits per heavy atom. The highest BCUT2D eigenvalue weighted by atomic mass is 16.4. The summed E-state index contributed by atoms with van der Waals surface area (Å²) >= 11 is 0. The lowest BCUT2D eigenvalue weighted by Crippen LogP contribution is -2.38. The molecule has 0 aliphatic heterocycles. The van der Waals surface area contributed by atoms with E-state index in [0.29, 0.717) is 19.4 Å². The normalized spacial score (nSPS) is 17.6. The van der Waals surface area contributed by atoms with E-state index >= 15 is 0 Å². The minimum atomic E-state index is -0.924. The smallest absolute Gasteiger partial charge is 0.310 e. The first-order valence-corrected chi connectivity index (χ1v) is 7.77. The van der Waals surface area contributed by atoms with Crippen LogP contribution in [0.5, 0.6) is 0 Å². The van der Waals surface area contributed by atoms with Crippen molar-refractivity contribution in [3.05, 3.63) is 0 Å². The zero-order chi connectivity index (χ0) is 15.7. The quantitative estimate of drug-likeness (QED) is 0.620. The largest absolute Gasteiger partial charge is 0.481 e. The maximum absolute atomic E-state index is 12.0. The van der Waals surface area contributed by atoms with Crippen LogP contribution in [0.25, 0.3) is 0 Å². The van der Waals surface area contributed by atoms with Crippen molar-refractivity contribution in [3.63, 3.8) is 0 Å². The fourth-order valence-electron chi connectivity index (χ4n) is 2.84. The Morgan fingerprint density at radius 2 is 1.62 bits per heavy atom. The van der Waals surface area contributed by atoms with E-state index in [1.807, 2.05) is 6.92 Å². The number of carbonyl (C=O) groups excluding carboxylic acids is 2. The average Bonchev–Trinajstić information content (AvgIpc) is 2.65. The van der Waals surface area contributed by atoms with Crippen LogP contribution >= 0.6 is 0 Å². The number of amides is 2. The molecule has 2 amide bonds. The molecule has 1 aliphatic carbocycles. The number of carbonyl (C=O) groups is 3. The van der Waals surface area contributed by atoms with Gasteiger partial charge in [-0.1, -0.05) is 25.7 Å². The molecule has 0 bridgehead atoms. The highest BCUT2D eigenvalue weighted by molar-refractivity contribution is 5.85. The van der Waals surface area contributed by atoms with Gasteiger partial charge >= 0.3 is 5.97 Å². The predicted molar refractivity (Wildman–Crippen MR) is 78.7 cm³/mol.